The highest BCUT2D eigenvalue weighted by molar-refractivity contribution is 5.49. The van der Waals surface area contributed by atoms with E-state index in [0.29, 0.717) is 12.2 Å². The first-order chi connectivity index (χ1) is 8.69. The van der Waals surface area contributed by atoms with Crippen LogP contribution in [0.4, 0.5) is 0 Å². The van der Waals surface area contributed by atoms with E-state index in [4.69, 9.17) is 0 Å². The molecule has 0 saturated heterocycles. The minimum atomic E-state index is -0.00612. The van der Waals surface area contributed by atoms with Crippen LogP contribution >= 0.6 is 0 Å². The van der Waals surface area contributed by atoms with Gasteiger partial charge in [0.2, 0.25) is 0 Å². The van der Waals surface area contributed by atoms with E-state index in [9.17, 15) is 5.11 Å². The highest BCUT2D eigenvalue weighted by Crippen LogP contribution is 2.40. The zero-order valence-electron chi connectivity index (χ0n) is 13.4. The van der Waals surface area contributed by atoms with Crippen LogP contribution in [0.2, 0.25) is 0 Å². The molecular formula is C18H29O. The lowest BCUT2D eigenvalue weighted by molar-refractivity contribution is 0.420. The molecule has 0 saturated carbocycles. The topological polar surface area (TPSA) is 20.2 Å². The molecule has 0 heterocycles. The van der Waals surface area contributed by atoms with Crippen molar-refractivity contribution in [1.29, 1.82) is 0 Å². The molecule has 0 amide bonds. The second-order valence-corrected chi connectivity index (χ2v) is 6.76. The summed E-state index contributed by atoms with van der Waals surface area (Å²) >= 11 is 0. The Morgan fingerprint density at radius 2 is 1.53 bits per heavy atom. The van der Waals surface area contributed by atoms with Crippen molar-refractivity contribution in [3.8, 4) is 5.75 Å². The molecule has 1 heteroatoms. The molecule has 1 aromatic rings. The summed E-state index contributed by atoms with van der Waals surface area (Å²) in [5.74, 6) is 0.442. The summed E-state index contributed by atoms with van der Waals surface area (Å²) in [6.07, 6.45) is 2.72. The van der Waals surface area contributed by atoms with Crippen LogP contribution in [0.3, 0.4) is 0 Å². The van der Waals surface area contributed by atoms with E-state index in [1.165, 1.54) is 5.56 Å². The number of rotatable bonds is 5. The maximum atomic E-state index is 10.5. The summed E-state index contributed by atoms with van der Waals surface area (Å²) < 4.78 is 0. The Morgan fingerprint density at radius 1 is 1.00 bits per heavy atom. The Morgan fingerprint density at radius 3 is 1.95 bits per heavy atom. The van der Waals surface area contributed by atoms with E-state index >= 15 is 0 Å². The number of hydrogen-bond donors (Lipinski definition) is 1. The first-order valence-electron chi connectivity index (χ1n) is 7.35. The van der Waals surface area contributed by atoms with Gasteiger partial charge in [0.15, 0.2) is 0 Å². The van der Waals surface area contributed by atoms with Gasteiger partial charge in [0.05, 0.1) is 0 Å². The molecule has 19 heavy (non-hydrogen) atoms. The highest BCUT2D eigenvalue weighted by Gasteiger charge is 2.27. The SMILES string of the molecule is [CH2]Cc1cc(C(C)(C)CC)cc(C(C)(C)CC)c1O. The molecule has 0 aromatic heterocycles. The van der Waals surface area contributed by atoms with Gasteiger partial charge in [-0.2, -0.15) is 0 Å². The van der Waals surface area contributed by atoms with Crippen molar-refractivity contribution in [3.63, 3.8) is 0 Å². The van der Waals surface area contributed by atoms with Crippen molar-refractivity contribution in [2.24, 2.45) is 0 Å². The van der Waals surface area contributed by atoms with E-state index < -0.39 is 0 Å². The fourth-order valence-electron chi connectivity index (χ4n) is 2.19. The minimum absolute atomic E-state index is 0.00612. The lowest BCUT2D eigenvalue weighted by Gasteiger charge is -2.30. The van der Waals surface area contributed by atoms with Crippen LogP contribution in [0.5, 0.6) is 5.75 Å². The molecule has 0 aliphatic carbocycles. The highest BCUT2D eigenvalue weighted by atomic mass is 16.3. The standard InChI is InChI=1S/C18H29O/c1-8-13-11-14(17(4,5)9-2)12-15(16(13)19)18(6,7)10-3/h11-12,19H,1,8-10H2,2-7H3. The lowest BCUT2D eigenvalue weighted by Crippen LogP contribution is -2.21. The monoisotopic (exact) mass is 261 g/mol. The molecule has 1 N–H and O–H groups in total. The molecule has 0 aliphatic heterocycles. The maximum absolute atomic E-state index is 10.5. The average Bonchev–Trinajstić information content (AvgIpc) is 2.38. The van der Waals surface area contributed by atoms with Crippen molar-refractivity contribution in [2.45, 2.75) is 71.6 Å². The van der Waals surface area contributed by atoms with Gasteiger partial charge in [-0.1, -0.05) is 53.7 Å². The Labute approximate surface area is 119 Å². The fraction of sp³-hybridized carbons (Fsp3) is 0.611. The van der Waals surface area contributed by atoms with Gasteiger partial charge in [0, 0.05) is 5.56 Å². The molecule has 1 radical (unpaired) electrons. The van der Waals surface area contributed by atoms with Crippen molar-refractivity contribution >= 4 is 0 Å². The summed E-state index contributed by atoms with van der Waals surface area (Å²) in [4.78, 5) is 0. The minimum Gasteiger partial charge on any atom is -0.507 e. The number of benzene rings is 1. The molecule has 0 fully saturated rings. The predicted molar refractivity (Wildman–Crippen MR) is 83.8 cm³/mol. The van der Waals surface area contributed by atoms with Gasteiger partial charge in [-0.15, -0.1) is 0 Å². The molecule has 1 nitrogen and oxygen atoms in total. The van der Waals surface area contributed by atoms with E-state index in [2.05, 4.69) is 60.6 Å². The van der Waals surface area contributed by atoms with Crippen molar-refractivity contribution in [2.75, 3.05) is 0 Å². The normalized spacial score (nSPS) is 12.8. The molecule has 0 bridgehead atoms. The lowest BCUT2D eigenvalue weighted by atomic mass is 9.75. The van der Waals surface area contributed by atoms with Gasteiger partial charge in [0.25, 0.3) is 0 Å². The van der Waals surface area contributed by atoms with Gasteiger partial charge < -0.3 is 5.11 Å². The fourth-order valence-corrected chi connectivity index (χ4v) is 2.19. The van der Waals surface area contributed by atoms with Crippen LogP contribution < -0.4 is 0 Å². The molecule has 1 aromatic carbocycles. The molecule has 1 rings (SSSR count). The third-order valence-corrected chi connectivity index (χ3v) is 4.74. The molecule has 0 spiro atoms. The predicted octanol–water partition coefficient (Wildman–Crippen LogP) is 5.14. The Bertz CT molecular complexity index is 441. The van der Waals surface area contributed by atoms with Crippen LogP contribution in [-0.4, -0.2) is 5.11 Å². The largest absolute Gasteiger partial charge is 0.507 e. The first-order valence-corrected chi connectivity index (χ1v) is 7.35. The summed E-state index contributed by atoms with van der Waals surface area (Å²) in [7, 11) is 0. The van der Waals surface area contributed by atoms with E-state index in [1.807, 2.05) is 0 Å². The van der Waals surface area contributed by atoms with Crippen molar-refractivity contribution < 1.29 is 5.11 Å². The maximum Gasteiger partial charge on any atom is 0.122 e. The quantitative estimate of drug-likeness (QED) is 0.777. The Balaban J connectivity index is 3.52. The van der Waals surface area contributed by atoms with Crippen LogP contribution in [0.1, 0.15) is 71.1 Å². The molecular weight excluding hydrogens is 232 g/mol. The Kier molecular flexibility index (Phi) is 4.71. The summed E-state index contributed by atoms with van der Waals surface area (Å²) in [6.45, 7) is 17.2. The van der Waals surface area contributed by atoms with E-state index in [0.717, 1.165) is 24.0 Å². The van der Waals surface area contributed by atoms with E-state index in [-0.39, 0.29) is 10.8 Å². The zero-order chi connectivity index (χ0) is 14.8. The summed E-state index contributed by atoms with van der Waals surface area (Å²) in [5.41, 5.74) is 3.47. The second-order valence-electron chi connectivity index (χ2n) is 6.76. The molecule has 0 unspecified atom stereocenters. The second kappa shape index (κ2) is 5.56. The van der Waals surface area contributed by atoms with Crippen LogP contribution in [0, 0.1) is 6.92 Å². The number of hydrogen-bond acceptors (Lipinski definition) is 1. The van der Waals surface area contributed by atoms with Crippen molar-refractivity contribution in [1.82, 2.24) is 0 Å². The van der Waals surface area contributed by atoms with Gasteiger partial charge in [-0.3, -0.25) is 0 Å². The molecule has 107 valence electrons. The number of aromatic hydroxyl groups is 1. The zero-order valence-corrected chi connectivity index (χ0v) is 13.4. The number of phenols is 1. The summed E-state index contributed by atoms with van der Waals surface area (Å²) in [5, 5.41) is 10.5. The number of phenolic OH excluding ortho intramolecular Hbond substituents is 1. The molecule has 0 atom stereocenters. The Hall–Kier alpha value is -0.980. The van der Waals surface area contributed by atoms with Crippen molar-refractivity contribution in [3.05, 3.63) is 35.7 Å². The van der Waals surface area contributed by atoms with Gasteiger partial charge >= 0.3 is 0 Å². The first kappa shape index (κ1) is 16.1. The molecule has 0 aliphatic rings. The average molecular weight is 261 g/mol. The van der Waals surface area contributed by atoms with Crippen LogP contribution in [0.15, 0.2) is 12.1 Å². The van der Waals surface area contributed by atoms with Crippen LogP contribution in [0.25, 0.3) is 0 Å². The third-order valence-electron chi connectivity index (χ3n) is 4.74. The van der Waals surface area contributed by atoms with Gasteiger partial charge in [-0.25, -0.2) is 0 Å². The smallest absolute Gasteiger partial charge is 0.122 e. The third kappa shape index (κ3) is 3.13. The van der Waals surface area contributed by atoms with Crippen LogP contribution in [-0.2, 0) is 17.3 Å². The van der Waals surface area contributed by atoms with E-state index in [1.54, 1.807) is 0 Å². The summed E-state index contributed by atoms with van der Waals surface area (Å²) in [6, 6.07) is 4.32. The van der Waals surface area contributed by atoms with Gasteiger partial charge in [-0.05, 0) is 48.1 Å². The van der Waals surface area contributed by atoms with Gasteiger partial charge in [0.1, 0.15) is 5.75 Å².